The number of carbonyl (C=O) groups is 1. The Morgan fingerprint density at radius 2 is 2.07 bits per heavy atom. The predicted molar refractivity (Wildman–Crippen MR) is 116 cm³/mol. The Morgan fingerprint density at radius 1 is 1.32 bits per heavy atom. The third-order valence-electron chi connectivity index (χ3n) is 5.48. The van der Waals surface area contributed by atoms with Crippen LogP contribution in [0, 0.1) is 5.92 Å². The second-order valence-corrected chi connectivity index (χ2v) is 9.84. The molecule has 6 nitrogen and oxygen atoms in total. The molecule has 1 aliphatic heterocycles. The van der Waals surface area contributed by atoms with E-state index in [1.54, 1.807) is 11.3 Å². The molecule has 1 saturated heterocycles. The molecule has 1 aromatic rings. The maximum atomic E-state index is 12.6. The molecule has 1 unspecified atom stereocenters. The van der Waals surface area contributed by atoms with Gasteiger partial charge >= 0.3 is 0 Å². The van der Waals surface area contributed by atoms with Crippen molar-refractivity contribution in [1.82, 2.24) is 20.5 Å². The summed E-state index contributed by atoms with van der Waals surface area (Å²) >= 11 is 1.70. The number of likely N-dealkylation sites (tertiary alicyclic amines) is 1. The summed E-state index contributed by atoms with van der Waals surface area (Å²) in [5, 5.41) is 10.1. The third-order valence-corrected chi connectivity index (χ3v) is 6.80. The van der Waals surface area contributed by atoms with Crippen LogP contribution in [0.5, 0.6) is 0 Å². The summed E-state index contributed by atoms with van der Waals surface area (Å²) in [5.74, 6) is 1.44. The minimum atomic E-state index is 0.0779. The van der Waals surface area contributed by atoms with Crippen molar-refractivity contribution in [2.45, 2.75) is 77.8 Å². The monoisotopic (exact) mass is 405 g/mol. The van der Waals surface area contributed by atoms with Gasteiger partial charge in [0.15, 0.2) is 5.96 Å². The van der Waals surface area contributed by atoms with Crippen LogP contribution < -0.4 is 10.6 Å². The van der Waals surface area contributed by atoms with Crippen LogP contribution in [-0.4, -0.2) is 47.4 Å². The molecule has 0 spiro atoms. The highest BCUT2D eigenvalue weighted by Crippen LogP contribution is 2.28. The first kappa shape index (κ1) is 21.1. The maximum Gasteiger partial charge on any atom is 0.225 e. The maximum absolute atomic E-state index is 12.6. The Morgan fingerprint density at radius 3 is 2.71 bits per heavy atom. The highest BCUT2D eigenvalue weighted by atomic mass is 32.1. The van der Waals surface area contributed by atoms with E-state index in [0.717, 1.165) is 55.6 Å². The zero-order valence-corrected chi connectivity index (χ0v) is 18.6. The summed E-state index contributed by atoms with van der Waals surface area (Å²) < 4.78 is 0. The Hall–Kier alpha value is -1.63. The number of rotatable bonds is 5. The van der Waals surface area contributed by atoms with E-state index in [1.165, 1.54) is 12.8 Å². The van der Waals surface area contributed by atoms with Crippen LogP contribution in [0.3, 0.4) is 0 Å². The molecule has 2 fully saturated rings. The van der Waals surface area contributed by atoms with E-state index in [9.17, 15) is 4.79 Å². The Labute approximate surface area is 173 Å². The van der Waals surface area contributed by atoms with Crippen molar-refractivity contribution < 1.29 is 4.79 Å². The smallest absolute Gasteiger partial charge is 0.225 e. The molecule has 2 aliphatic rings. The number of thiazole rings is 1. The lowest BCUT2D eigenvalue weighted by Gasteiger charge is -2.21. The molecule has 1 aliphatic carbocycles. The summed E-state index contributed by atoms with van der Waals surface area (Å²) in [6, 6.07) is 0.267. The molecule has 1 saturated carbocycles. The quantitative estimate of drug-likeness (QED) is 0.583. The SMILES string of the molecule is CCNC(=NCc1csc(C(C)(C)C)n1)NC1CCN(C(=O)C2CCCC2)C1. The van der Waals surface area contributed by atoms with Crippen molar-refractivity contribution in [3.05, 3.63) is 16.1 Å². The number of hydrogen-bond acceptors (Lipinski definition) is 4. The molecule has 0 aromatic carbocycles. The molecule has 0 radical (unpaired) electrons. The van der Waals surface area contributed by atoms with E-state index in [-0.39, 0.29) is 17.4 Å². The van der Waals surface area contributed by atoms with Gasteiger partial charge < -0.3 is 15.5 Å². The average molecular weight is 406 g/mol. The zero-order valence-electron chi connectivity index (χ0n) is 17.8. The number of aliphatic imine (C=N–C) groups is 1. The topological polar surface area (TPSA) is 69.6 Å². The van der Waals surface area contributed by atoms with Crippen LogP contribution in [0.1, 0.15) is 70.5 Å². The summed E-state index contributed by atoms with van der Waals surface area (Å²) in [6.45, 7) is 11.6. The first-order chi connectivity index (χ1) is 13.4. The van der Waals surface area contributed by atoms with Crippen LogP contribution in [0.2, 0.25) is 0 Å². The van der Waals surface area contributed by atoms with Crippen molar-refractivity contribution in [2.24, 2.45) is 10.9 Å². The molecule has 1 aromatic heterocycles. The normalized spacial score (nSPS) is 21.4. The lowest BCUT2D eigenvalue weighted by Crippen LogP contribution is -2.45. The molecule has 0 bridgehead atoms. The molecule has 3 rings (SSSR count). The van der Waals surface area contributed by atoms with Gasteiger partial charge in [0.1, 0.15) is 0 Å². The van der Waals surface area contributed by atoms with Gasteiger partial charge in [-0.25, -0.2) is 9.98 Å². The Balaban J connectivity index is 1.55. The Bertz CT molecular complexity index is 687. The molecule has 2 heterocycles. The number of amides is 1. The molecular formula is C21H35N5OS. The van der Waals surface area contributed by atoms with Crippen molar-refractivity contribution in [3.63, 3.8) is 0 Å². The van der Waals surface area contributed by atoms with Gasteiger partial charge in [-0.3, -0.25) is 4.79 Å². The van der Waals surface area contributed by atoms with Gasteiger partial charge in [0.25, 0.3) is 0 Å². The van der Waals surface area contributed by atoms with E-state index in [0.29, 0.717) is 12.5 Å². The first-order valence-corrected chi connectivity index (χ1v) is 11.5. The minimum absolute atomic E-state index is 0.0779. The van der Waals surface area contributed by atoms with E-state index in [1.807, 2.05) is 4.90 Å². The summed E-state index contributed by atoms with van der Waals surface area (Å²) in [7, 11) is 0. The van der Waals surface area contributed by atoms with Crippen LogP contribution in [0.25, 0.3) is 0 Å². The molecule has 2 N–H and O–H groups in total. The molecular weight excluding hydrogens is 370 g/mol. The van der Waals surface area contributed by atoms with Gasteiger partial charge in [0.2, 0.25) is 5.91 Å². The highest BCUT2D eigenvalue weighted by Gasteiger charge is 2.32. The number of guanidine groups is 1. The highest BCUT2D eigenvalue weighted by molar-refractivity contribution is 7.09. The van der Waals surface area contributed by atoms with Gasteiger partial charge in [-0.1, -0.05) is 33.6 Å². The van der Waals surface area contributed by atoms with Crippen LogP contribution in [0.15, 0.2) is 10.4 Å². The number of hydrogen-bond donors (Lipinski definition) is 2. The molecule has 1 amide bonds. The number of aromatic nitrogens is 1. The zero-order chi connectivity index (χ0) is 20.1. The van der Waals surface area contributed by atoms with Crippen molar-refractivity contribution in [1.29, 1.82) is 0 Å². The van der Waals surface area contributed by atoms with Gasteiger partial charge in [-0.05, 0) is 26.2 Å². The van der Waals surface area contributed by atoms with Gasteiger partial charge in [-0.2, -0.15) is 0 Å². The Kier molecular flexibility index (Phi) is 6.96. The van der Waals surface area contributed by atoms with Gasteiger partial charge in [0, 0.05) is 42.4 Å². The number of nitrogens with one attached hydrogen (secondary N) is 2. The van der Waals surface area contributed by atoms with Crippen LogP contribution in [-0.2, 0) is 16.8 Å². The third kappa shape index (κ3) is 5.46. The second-order valence-electron chi connectivity index (χ2n) is 8.98. The van der Waals surface area contributed by atoms with E-state index in [2.05, 4.69) is 43.7 Å². The van der Waals surface area contributed by atoms with Crippen LogP contribution in [0.4, 0.5) is 0 Å². The first-order valence-electron chi connectivity index (χ1n) is 10.7. The van der Waals surface area contributed by atoms with Gasteiger partial charge in [0.05, 0.1) is 17.2 Å². The molecule has 156 valence electrons. The molecule has 28 heavy (non-hydrogen) atoms. The summed E-state index contributed by atoms with van der Waals surface area (Å²) in [5.41, 5.74) is 1.09. The predicted octanol–water partition coefficient (Wildman–Crippen LogP) is 3.29. The standard InChI is InChI=1S/C21H35N5OS/c1-5-22-20(23-12-17-14-28-19(24-17)21(2,3)4)25-16-10-11-26(13-16)18(27)15-8-6-7-9-15/h14-16H,5-13H2,1-4H3,(H2,22,23,25). The van der Waals surface area contributed by atoms with Crippen LogP contribution >= 0.6 is 11.3 Å². The van der Waals surface area contributed by atoms with Crippen molar-refractivity contribution >= 4 is 23.2 Å². The molecule has 7 heteroatoms. The fraction of sp³-hybridized carbons (Fsp3) is 0.762. The number of nitrogens with zero attached hydrogens (tertiary/aromatic N) is 3. The largest absolute Gasteiger partial charge is 0.357 e. The van der Waals surface area contributed by atoms with Crippen molar-refractivity contribution in [2.75, 3.05) is 19.6 Å². The van der Waals surface area contributed by atoms with E-state index in [4.69, 9.17) is 9.98 Å². The summed E-state index contributed by atoms with van der Waals surface area (Å²) in [4.78, 5) is 24.1. The average Bonchev–Trinajstić information content (AvgIpc) is 3.39. The van der Waals surface area contributed by atoms with Gasteiger partial charge in [-0.15, -0.1) is 11.3 Å². The van der Waals surface area contributed by atoms with E-state index >= 15 is 0 Å². The lowest BCUT2D eigenvalue weighted by atomic mass is 9.98. The fourth-order valence-electron chi connectivity index (χ4n) is 3.91. The summed E-state index contributed by atoms with van der Waals surface area (Å²) in [6.07, 6.45) is 5.53. The fourth-order valence-corrected chi connectivity index (χ4v) is 4.81. The minimum Gasteiger partial charge on any atom is -0.357 e. The van der Waals surface area contributed by atoms with Crippen molar-refractivity contribution in [3.8, 4) is 0 Å². The second kappa shape index (κ2) is 9.25. The van der Waals surface area contributed by atoms with E-state index < -0.39 is 0 Å². The molecule has 1 atom stereocenters. The lowest BCUT2D eigenvalue weighted by molar-refractivity contribution is -0.134. The number of carbonyl (C=O) groups excluding carboxylic acids is 1.